The van der Waals surface area contributed by atoms with Gasteiger partial charge in [0.1, 0.15) is 11.5 Å². The van der Waals surface area contributed by atoms with E-state index >= 15 is 0 Å². The molecule has 0 amide bonds. The van der Waals surface area contributed by atoms with Gasteiger partial charge >= 0.3 is 0 Å². The molecule has 2 heterocycles. The number of carbonyl (C=O) groups excluding carboxylic acids is 1. The monoisotopic (exact) mass is 155 g/mol. The molecule has 0 saturated carbocycles. The zero-order valence-corrected chi connectivity index (χ0v) is 6.51. The summed E-state index contributed by atoms with van der Waals surface area (Å²) in [5.74, 6) is -0.847. The van der Waals surface area contributed by atoms with E-state index < -0.39 is 11.5 Å². The van der Waals surface area contributed by atoms with Gasteiger partial charge in [-0.15, -0.1) is 0 Å². The molecule has 2 saturated heterocycles. The Morgan fingerprint density at radius 2 is 2.27 bits per heavy atom. The molecule has 0 aromatic carbocycles. The number of carbonyl (C=O) groups is 1. The molecule has 3 nitrogen and oxygen atoms in total. The van der Waals surface area contributed by atoms with E-state index in [-0.39, 0.29) is 0 Å². The van der Waals surface area contributed by atoms with Gasteiger partial charge in [0.2, 0.25) is 0 Å². The predicted octanol–water partition coefficient (Wildman–Crippen LogP) is -1.62. The lowest BCUT2D eigenvalue weighted by atomic mass is 9.91. The topological polar surface area (TPSA) is 56.7 Å². The standard InChI is InChI=1S/C8H13NO2/c10-7(11)8-4-1-2-6(9-8)3-5-8/h6,9H,1-5H2,(H,10,11)/t6-,8+/m1/s1. The van der Waals surface area contributed by atoms with Crippen molar-refractivity contribution in [3.8, 4) is 0 Å². The van der Waals surface area contributed by atoms with Crippen LogP contribution in [0.2, 0.25) is 0 Å². The second-order valence-electron chi connectivity index (χ2n) is 3.80. The molecule has 2 aliphatic rings. The van der Waals surface area contributed by atoms with Crippen LogP contribution in [0, 0.1) is 0 Å². The number of rotatable bonds is 1. The molecule has 0 unspecified atom stereocenters. The normalized spacial score (nSPS) is 42.4. The van der Waals surface area contributed by atoms with Crippen molar-refractivity contribution in [3.05, 3.63) is 0 Å². The van der Waals surface area contributed by atoms with E-state index in [1.54, 1.807) is 0 Å². The molecule has 2 fully saturated rings. The van der Waals surface area contributed by atoms with Gasteiger partial charge in [0.25, 0.3) is 0 Å². The van der Waals surface area contributed by atoms with Crippen molar-refractivity contribution < 1.29 is 15.2 Å². The van der Waals surface area contributed by atoms with E-state index in [0.717, 1.165) is 25.7 Å². The van der Waals surface area contributed by atoms with E-state index in [0.29, 0.717) is 6.04 Å². The van der Waals surface area contributed by atoms with E-state index in [1.807, 2.05) is 5.32 Å². The summed E-state index contributed by atoms with van der Waals surface area (Å²) < 4.78 is 0. The number of piperidine rings is 1. The first kappa shape index (κ1) is 7.10. The lowest BCUT2D eigenvalue weighted by molar-refractivity contribution is -0.737. The van der Waals surface area contributed by atoms with Gasteiger partial charge in [0.05, 0.1) is 6.04 Å². The van der Waals surface area contributed by atoms with Crippen LogP contribution in [0.4, 0.5) is 0 Å². The molecule has 0 aromatic rings. The van der Waals surface area contributed by atoms with E-state index in [4.69, 9.17) is 0 Å². The number of nitrogens with two attached hydrogens (primary N) is 1. The Hall–Kier alpha value is -0.570. The second kappa shape index (κ2) is 2.21. The number of hydrogen-bond donors (Lipinski definition) is 1. The van der Waals surface area contributed by atoms with Crippen LogP contribution in [-0.2, 0) is 4.79 Å². The first-order valence-electron chi connectivity index (χ1n) is 4.30. The van der Waals surface area contributed by atoms with Gasteiger partial charge < -0.3 is 15.2 Å². The highest BCUT2D eigenvalue weighted by Crippen LogP contribution is 2.28. The molecule has 11 heavy (non-hydrogen) atoms. The van der Waals surface area contributed by atoms with Crippen LogP contribution in [0.5, 0.6) is 0 Å². The van der Waals surface area contributed by atoms with Crippen molar-refractivity contribution in [3.63, 3.8) is 0 Å². The number of carboxylic acid groups (broad SMARTS) is 1. The third kappa shape index (κ3) is 0.948. The average molecular weight is 155 g/mol. The molecule has 2 atom stereocenters. The van der Waals surface area contributed by atoms with Gasteiger partial charge in [0.15, 0.2) is 0 Å². The van der Waals surface area contributed by atoms with Gasteiger partial charge in [0, 0.05) is 19.3 Å². The number of aliphatic carboxylic acids is 1. The van der Waals surface area contributed by atoms with Crippen molar-refractivity contribution in [2.75, 3.05) is 0 Å². The summed E-state index contributed by atoms with van der Waals surface area (Å²) in [6, 6.07) is 0.571. The van der Waals surface area contributed by atoms with Crippen LogP contribution >= 0.6 is 0 Å². The molecule has 0 aliphatic carbocycles. The van der Waals surface area contributed by atoms with Gasteiger partial charge in [-0.25, -0.2) is 0 Å². The van der Waals surface area contributed by atoms with Crippen molar-refractivity contribution in [1.29, 1.82) is 0 Å². The van der Waals surface area contributed by atoms with Crippen LogP contribution in [0.25, 0.3) is 0 Å². The minimum Gasteiger partial charge on any atom is -0.544 e. The number of hydrogen-bond acceptors (Lipinski definition) is 2. The Labute approximate surface area is 65.8 Å². The van der Waals surface area contributed by atoms with Crippen LogP contribution in [-0.4, -0.2) is 17.6 Å². The molecular weight excluding hydrogens is 142 g/mol. The predicted molar refractivity (Wildman–Crippen MR) is 36.5 cm³/mol. The fourth-order valence-electron chi connectivity index (χ4n) is 2.45. The quantitative estimate of drug-likeness (QED) is 0.495. The highest BCUT2D eigenvalue weighted by Gasteiger charge is 2.46. The Morgan fingerprint density at radius 1 is 1.45 bits per heavy atom. The summed E-state index contributed by atoms with van der Waals surface area (Å²) in [4.78, 5) is 10.8. The lowest BCUT2D eigenvalue weighted by Crippen LogP contribution is -3.01. The second-order valence-corrected chi connectivity index (χ2v) is 3.80. The fraction of sp³-hybridized carbons (Fsp3) is 0.875. The zero-order chi connectivity index (χ0) is 7.90. The third-order valence-electron chi connectivity index (χ3n) is 3.12. The zero-order valence-electron chi connectivity index (χ0n) is 6.51. The highest BCUT2D eigenvalue weighted by atomic mass is 16.4. The average Bonchev–Trinajstić information content (AvgIpc) is 2.29. The maximum absolute atomic E-state index is 10.8. The van der Waals surface area contributed by atoms with E-state index in [2.05, 4.69) is 0 Å². The molecule has 0 aromatic heterocycles. The molecule has 0 spiro atoms. The molecule has 0 radical (unpaired) electrons. The first-order chi connectivity index (χ1) is 5.23. The Morgan fingerprint density at radius 3 is 2.91 bits per heavy atom. The molecule has 2 N–H and O–H groups in total. The minimum absolute atomic E-state index is 0.525. The molecule has 2 rings (SSSR count). The van der Waals surface area contributed by atoms with Gasteiger partial charge in [-0.05, 0) is 12.8 Å². The SMILES string of the molecule is O=C([O-])[C@]12CCC[C@H](CC1)[NH2+]2. The van der Waals surface area contributed by atoms with E-state index in [1.165, 1.54) is 6.42 Å². The summed E-state index contributed by atoms with van der Waals surface area (Å²) in [5, 5.41) is 12.8. The molecule has 62 valence electrons. The summed E-state index contributed by atoms with van der Waals surface area (Å²) >= 11 is 0. The largest absolute Gasteiger partial charge is 0.544 e. The maximum atomic E-state index is 10.8. The molecular formula is C8H13NO2. The van der Waals surface area contributed by atoms with Gasteiger partial charge in [-0.2, -0.15) is 0 Å². The Kier molecular flexibility index (Phi) is 1.42. The van der Waals surface area contributed by atoms with E-state index in [9.17, 15) is 9.90 Å². The van der Waals surface area contributed by atoms with Crippen molar-refractivity contribution in [2.24, 2.45) is 0 Å². The summed E-state index contributed by atoms with van der Waals surface area (Å²) in [5.41, 5.74) is -0.525. The number of fused-ring (bicyclic) bond motifs is 2. The first-order valence-corrected chi connectivity index (χ1v) is 4.30. The van der Waals surface area contributed by atoms with Gasteiger partial charge in [-0.3, -0.25) is 0 Å². The number of carboxylic acids is 1. The third-order valence-corrected chi connectivity index (χ3v) is 3.12. The minimum atomic E-state index is -0.847. The summed E-state index contributed by atoms with van der Waals surface area (Å²) in [6.07, 6.45) is 4.95. The summed E-state index contributed by atoms with van der Waals surface area (Å²) in [7, 11) is 0. The van der Waals surface area contributed by atoms with Crippen LogP contribution in [0.3, 0.4) is 0 Å². The summed E-state index contributed by atoms with van der Waals surface area (Å²) in [6.45, 7) is 0. The fourth-order valence-corrected chi connectivity index (χ4v) is 2.45. The highest BCUT2D eigenvalue weighted by molar-refractivity contribution is 5.75. The van der Waals surface area contributed by atoms with Crippen LogP contribution < -0.4 is 10.4 Å². The van der Waals surface area contributed by atoms with Crippen molar-refractivity contribution in [1.82, 2.24) is 0 Å². The Bertz CT molecular complexity index is 189. The van der Waals surface area contributed by atoms with Crippen molar-refractivity contribution in [2.45, 2.75) is 43.7 Å². The van der Waals surface area contributed by atoms with Crippen LogP contribution in [0.15, 0.2) is 0 Å². The lowest BCUT2D eigenvalue weighted by Gasteiger charge is -2.31. The molecule has 2 aliphatic heterocycles. The smallest absolute Gasteiger partial charge is 0.137 e. The number of quaternary nitrogens is 1. The molecule has 2 bridgehead atoms. The van der Waals surface area contributed by atoms with Crippen LogP contribution in [0.1, 0.15) is 32.1 Å². The van der Waals surface area contributed by atoms with Crippen molar-refractivity contribution >= 4 is 5.97 Å². The maximum Gasteiger partial charge on any atom is 0.137 e. The van der Waals surface area contributed by atoms with Gasteiger partial charge in [-0.1, -0.05) is 0 Å². The molecule has 3 heteroatoms. The Balaban J connectivity index is 2.19.